The summed E-state index contributed by atoms with van der Waals surface area (Å²) in [5.41, 5.74) is 14.8. The molecule has 0 spiro atoms. The lowest BCUT2D eigenvalue weighted by Crippen LogP contribution is -2.21. The van der Waals surface area contributed by atoms with Gasteiger partial charge < -0.3 is 16.6 Å². The summed E-state index contributed by atoms with van der Waals surface area (Å²) >= 11 is 0. The number of rotatable bonds is 2. The monoisotopic (exact) mass is 394 g/mol. The second-order valence-corrected chi connectivity index (χ2v) is 5.41. The van der Waals surface area contributed by atoms with Crippen LogP contribution in [0.4, 0.5) is 30.4 Å². The summed E-state index contributed by atoms with van der Waals surface area (Å²) in [4.78, 5) is 23.5. The van der Waals surface area contributed by atoms with Crippen molar-refractivity contribution in [1.29, 1.82) is 0 Å². The van der Waals surface area contributed by atoms with Crippen LogP contribution in [0.1, 0.15) is 0 Å². The number of anilines is 2. The van der Waals surface area contributed by atoms with E-state index in [4.69, 9.17) is 21.4 Å². The number of nitrogen functional groups attached to an aromatic ring is 2. The highest BCUT2D eigenvalue weighted by Gasteiger charge is 2.38. The Morgan fingerprint density at radius 3 is 2.11 bits per heavy atom. The number of nitro groups is 1. The number of pyridine rings is 1. The van der Waals surface area contributed by atoms with Crippen molar-refractivity contribution in [2.75, 3.05) is 11.5 Å². The lowest BCUT2D eigenvalue weighted by atomic mass is 10.0. The Labute approximate surface area is 155 Å². The van der Waals surface area contributed by atoms with Crippen molar-refractivity contribution >= 4 is 34.1 Å². The van der Waals surface area contributed by atoms with Gasteiger partial charge in [-0.25, -0.2) is 9.78 Å². The predicted molar refractivity (Wildman–Crippen MR) is 96.3 cm³/mol. The van der Waals surface area contributed by atoms with E-state index in [2.05, 4.69) is 4.98 Å². The normalized spacial score (nSPS) is 10.8. The SMILES string of the molecule is Nc1nc2ccccc2c(N)c1-c1ccc([N+](=O)[O-])cc1.O=C(O)C(F)(F)F. The molecule has 0 aliphatic carbocycles. The summed E-state index contributed by atoms with van der Waals surface area (Å²) in [6.45, 7) is 0. The number of alkyl halides is 3. The van der Waals surface area contributed by atoms with Gasteiger partial charge >= 0.3 is 12.1 Å². The lowest BCUT2D eigenvalue weighted by molar-refractivity contribution is -0.384. The van der Waals surface area contributed by atoms with E-state index in [0.717, 1.165) is 10.9 Å². The van der Waals surface area contributed by atoms with Crippen LogP contribution in [0.5, 0.6) is 0 Å². The Morgan fingerprint density at radius 2 is 1.61 bits per heavy atom. The first kappa shape index (κ1) is 20.4. The number of fused-ring (bicyclic) bond motifs is 1. The zero-order valence-electron chi connectivity index (χ0n) is 14.0. The highest BCUT2D eigenvalue weighted by Crippen LogP contribution is 2.36. The smallest absolute Gasteiger partial charge is 0.475 e. The molecule has 0 saturated heterocycles. The van der Waals surface area contributed by atoms with Gasteiger partial charge in [-0.1, -0.05) is 18.2 Å². The molecule has 0 fully saturated rings. The fourth-order valence-corrected chi connectivity index (χ4v) is 2.31. The lowest BCUT2D eigenvalue weighted by Gasteiger charge is -2.11. The van der Waals surface area contributed by atoms with E-state index in [-0.39, 0.29) is 5.69 Å². The molecule has 0 bridgehead atoms. The van der Waals surface area contributed by atoms with Gasteiger partial charge in [-0.15, -0.1) is 0 Å². The molecule has 0 saturated carbocycles. The minimum absolute atomic E-state index is 0.0182. The van der Waals surface area contributed by atoms with Gasteiger partial charge in [-0.2, -0.15) is 13.2 Å². The van der Waals surface area contributed by atoms with E-state index < -0.39 is 17.1 Å². The van der Waals surface area contributed by atoms with E-state index >= 15 is 0 Å². The third kappa shape index (κ3) is 4.44. The van der Waals surface area contributed by atoms with Gasteiger partial charge in [-0.3, -0.25) is 10.1 Å². The van der Waals surface area contributed by atoms with Crippen LogP contribution in [0.3, 0.4) is 0 Å². The van der Waals surface area contributed by atoms with Crippen LogP contribution in [0.25, 0.3) is 22.0 Å². The van der Waals surface area contributed by atoms with Crippen LogP contribution in [0.2, 0.25) is 0 Å². The molecular formula is C17H13F3N4O4. The number of aliphatic carboxylic acids is 1. The number of carbonyl (C=O) groups is 1. The van der Waals surface area contributed by atoms with Crippen molar-refractivity contribution in [2.45, 2.75) is 6.18 Å². The zero-order valence-corrected chi connectivity index (χ0v) is 14.0. The number of nitro benzene ring substituents is 1. The van der Waals surface area contributed by atoms with Gasteiger partial charge in [0.2, 0.25) is 0 Å². The third-order valence-corrected chi connectivity index (χ3v) is 3.57. The molecule has 0 aliphatic rings. The molecule has 5 N–H and O–H groups in total. The number of benzene rings is 2. The molecule has 3 rings (SSSR count). The van der Waals surface area contributed by atoms with E-state index in [9.17, 15) is 23.3 Å². The minimum atomic E-state index is -5.08. The second kappa shape index (κ2) is 7.78. The van der Waals surface area contributed by atoms with Crippen LogP contribution in [-0.2, 0) is 4.79 Å². The Kier molecular flexibility index (Phi) is 5.67. The van der Waals surface area contributed by atoms with Crippen molar-refractivity contribution in [2.24, 2.45) is 0 Å². The summed E-state index contributed by atoms with van der Waals surface area (Å²) in [5.74, 6) is -2.45. The van der Waals surface area contributed by atoms with Crippen molar-refractivity contribution in [3.8, 4) is 11.1 Å². The predicted octanol–water partition coefficient (Wildman–Crippen LogP) is 3.61. The standard InChI is InChI=1S/C15H12N4O2.C2HF3O2/c16-14-11-3-1-2-4-12(11)18-15(17)13(14)9-5-7-10(8-6-9)19(20)21;3-2(4,5)1(6)7/h1-8H,(H4,16,17,18);(H,6,7). The maximum atomic E-state index is 10.7. The molecule has 1 heterocycles. The average molecular weight is 394 g/mol. The Morgan fingerprint density at radius 1 is 1.07 bits per heavy atom. The fourth-order valence-electron chi connectivity index (χ4n) is 2.31. The van der Waals surface area contributed by atoms with Crippen molar-refractivity contribution in [1.82, 2.24) is 4.98 Å². The molecule has 2 aromatic carbocycles. The molecule has 1 aromatic heterocycles. The number of nitrogens with two attached hydrogens (primary N) is 2. The van der Waals surface area contributed by atoms with Gasteiger partial charge in [0.25, 0.3) is 5.69 Å². The number of non-ortho nitro benzene ring substituents is 1. The van der Waals surface area contributed by atoms with Gasteiger partial charge in [-0.05, 0) is 23.8 Å². The highest BCUT2D eigenvalue weighted by atomic mass is 19.4. The first-order chi connectivity index (χ1) is 13.0. The molecule has 3 aromatic rings. The van der Waals surface area contributed by atoms with Crippen LogP contribution in [-0.4, -0.2) is 27.2 Å². The molecule has 0 atom stereocenters. The third-order valence-electron chi connectivity index (χ3n) is 3.57. The molecule has 0 amide bonds. The van der Waals surface area contributed by atoms with Gasteiger partial charge in [0.05, 0.1) is 16.1 Å². The number of aromatic nitrogens is 1. The maximum absolute atomic E-state index is 10.7. The molecule has 0 radical (unpaired) electrons. The van der Waals surface area contributed by atoms with Crippen molar-refractivity contribution in [3.63, 3.8) is 0 Å². The molecular weight excluding hydrogens is 381 g/mol. The number of nitrogens with zero attached hydrogens (tertiary/aromatic N) is 2. The Balaban J connectivity index is 0.000000345. The summed E-state index contributed by atoms with van der Waals surface area (Å²) in [5, 5.41) is 18.6. The van der Waals surface area contributed by atoms with Crippen LogP contribution in [0.15, 0.2) is 48.5 Å². The molecule has 0 unspecified atom stereocenters. The minimum Gasteiger partial charge on any atom is -0.475 e. The second-order valence-electron chi connectivity index (χ2n) is 5.41. The summed E-state index contributed by atoms with van der Waals surface area (Å²) in [6, 6.07) is 13.5. The molecule has 0 aliphatic heterocycles. The Hall–Kier alpha value is -3.89. The fraction of sp³-hybridized carbons (Fsp3) is 0.0588. The van der Waals surface area contributed by atoms with E-state index in [0.29, 0.717) is 22.6 Å². The van der Waals surface area contributed by atoms with E-state index in [1.54, 1.807) is 12.1 Å². The van der Waals surface area contributed by atoms with Crippen molar-refractivity contribution in [3.05, 3.63) is 58.6 Å². The molecule has 8 nitrogen and oxygen atoms in total. The van der Waals surface area contributed by atoms with Crippen LogP contribution < -0.4 is 11.5 Å². The number of hydrogen-bond acceptors (Lipinski definition) is 6. The number of carboxylic acid groups (broad SMARTS) is 1. The first-order valence-corrected chi connectivity index (χ1v) is 7.51. The molecule has 11 heteroatoms. The largest absolute Gasteiger partial charge is 0.490 e. The number of hydrogen-bond donors (Lipinski definition) is 3. The van der Waals surface area contributed by atoms with Gasteiger partial charge in [0, 0.05) is 23.1 Å². The first-order valence-electron chi connectivity index (χ1n) is 7.51. The van der Waals surface area contributed by atoms with Gasteiger partial charge in [0.1, 0.15) is 5.82 Å². The zero-order chi connectivity index (χ0) is 21.1. The molecule has 28 heavy (non-hydrogen) atoms. The van der Waals surface area contributed by atoms with Crippen LogP contribution >= 0.6 is 0 Å². The summed E-state index contributed by atoms with van der Waals surface area (Å²) < 4.78 is 31.7. The van der Waals surface area contributed by atoms with E-state index in [1.165, 1.54) is 12.1 Å². The summed E-state index contributed by atoms with van der Waals surface area (Å²) in [6.07, 6.45) is -5.08. The highest BCUT2D eigenvalue weighted by molar-refractivity contribution is 6.02. The molecule has 146 valence electrons. The maximum Gasteiger partial charge on any atom is 0.490 e. The van der Waals surface area contributed by atoms with E-state index in [1.807, 2.05) is 24.3 Å². The van der Waals surface area contributed by atoms with Crippen LogP contribution in [0, 0.1) is 10.1 Å². The number of halogens is 3. The Bertz CT molecular complexity index is 1040. The number of para-hydroxylation sites is 1. The quantitative estimate of drug-likeness (QED) is 0.444. The average Bonchev–Trinajstić information content (AvgIpc) is 2.62. The van der Waals surface area contributed by atoms with Gasteiger partial charge in [0.15, 0.2) is 0 Å². The van der Waals surface area contributed by atoms with Crippen molar-refractivity contribution < 1.29 is 28.0 Å². The summed E-state index contributed by atoms with van der Waals surface area (Å²) in [7, 11) is 0. The topological polar surface area (TPSA) is 145 Å². The number of carboxylic acids is 1.